The predicted octanol–water partition coefficient (Wildman–Crippen LogP) is 13.0. The fourth-order valence-corrected chi connectivity index (χ4v) is 5.94. The van der Waals surface area contributed by atoms with Gasteiger partial charge in [-0.3, -0.25) is 0 Å². The molecule has 0 aliphatic heterocycles. The fourth-order valence-electron chi connectivity index (χ4n) is 5.94. The Labute approximate surface area is 298 Å². The normalized spacial score (nSPS) is 17.9. The van der Waals surface area contributed by atoms with Gasteiger partial charge in [-0.2, -0.15) is 0 Å². The molecule has 0 aromatic heterocycles. The molecule has 0 bridgehead atoms. The summed E-state index contributed by atoms with van der Waals surface area (Å²) in [6, 6.07) is -1.77. The van der Waals surface area contributed by atoms with Crippen LogP contribution in [0.2, 0.25) is 0 Å². The fraction of sp³-hybridized carbons (Fsp3) is 0. The first-order chi connectivity index (χ1) is 31.6. The van der Waals surface area contributed by atoms with Crippen molar-refractivity contribution in [2.24, 2.45) is 0 Å². The molecule has 0 atom stereocenters. The third-order valence-corrected chi connectivity index (χ3v) is 7.97. The largest absolute Gasteiger partial charge is 0.0629 e. The van der Waals surface area contributed by atoms with E-state index in [1.807, 2.05) is 36.4 Å². The van der Waals surface area contributed by atoms with E-state index in [-0.39, 0.29) is 5.56 Å². The average Bonchev–Trinajstić information content (AvgIpc) is 3.32. The molecule has 0 aliphatic carbocycles. The highest BCUT2D eigenvalue weighted by Gasteiger charge is 2.18. The van der Waals surface area contributed by atoms with E-state index in [0.717, 1.165) is 21.5 Å². The van der Waals surface area contributed by atoms with Gasteiger partial charge in [-0.15, -0.1) is 0 Å². The minimum Gasteiger partial charge on any atom is -0.0622 e. The first kappa shape index (κ1) is 12.8. The van der Waals surface area contributed by atoms with E-state index in [9.17, 15) is 12.3 Å². The molecule has 9 rings (SSSR count). The molecule has 9 aromatic rings. The van der Waals surface area contributed by atoms with Gasteiger partial charge in [-0.1, -0.05) is 175 Å². The van der Waals surface area contributed by atoms with Crippen molar-refractivity contribution in [2.45, 2.75) is 0 Å². The molecule has 0 amide bonds. The highest BCUT2D eigenvalue weighted by Crippen LogP contribution is 2.46. The van der Waals surface area contributed by atoms with Gasteiger partial charge in [0.1, 0.15) is 0 Å². The van der Waals surface area contributed by atoms with Crippen LogP contribution in [0.3, 0.4) is 0 Å². The van der Waals surface area contributed by atoms with E-state index in [1.165, 1.54) is 0 Å². The SMILES string of the molecule is [2H]c1c([2H])c([2H])c(-c2c([2H])c([2H])c([2H])c([2H])c2-c2c3c([2H])c([2H])c([2H])c([2H])c3c(-c3c([2H])c([2H])c(-c4ccc5c(ccc6ccccc65)c4)c([2H])c3[2H])c3c([2H])c([2H])c([2H])c([2H])c23)c([2H])c1[2H]. The van der Waals surface area contributed by atoms with Gasteiger partial charge >= 0.3 is 0 Å². The molecule has 0 nitrogen and oxygen atoms in total. The molecular weight excluding hydrogens is 553 g/mol. The van der Waals surface area contributed by atoms with Crippen molar-refractivity contribution in [3.63, 3.8) is 0 Å². The molecule has 0 heterocycles. The summed E-state index contributed by atoms with van der Waals surface area (Å²) in [7, 11) is 0. The van der Waals surface area contributed by atoms with Crippen LogP contribution in [0.15, 0.2) is 181 Å². The predicted molar refractivity (Wildman–Crippen MR) is 198 cm³/mol. The number of rotatable bonds is 4. The topological polar surface area (TPSA) is 0 Å². The standard InChI is InChI=1S/C46H30/c1-2-12-32(13-3-1)38-16-6-7-17-40(38)46-43-20-10-8-18-41(43)45(42-19-9-11-21-44(42)46)34-25-22-31(23-26-34)35-28-29-39-36(30-35)27-24-33-14-4-5-15-37(33)39/h1-30H/i1D,2D,3D,6D,7D,8D,9D,10D,11D,12D,13D,16D,17D,18D,19D,20D,21D,22D,23D,25D,26D. The zero-order chi connectivity index (χ0) is 48.7. The lowest BCUT2D eigenvalue weighted by atomic mass is 9.83. The Morgan fingerprint density at radius 1 is 0.304 bits per heavy atom. The minimum atomic E-state index is -0.977. The highest BCUT2D eigenvalue weighted by molar-refractivity contribution is 6.22. The maximum Gasteiger partial charge on any atom is 0.0629 e. The summed E-state index contributed by atoms with van der Waals surface area (Å²) in [5.41, 5.74) is -3.98. The van der Waals surface area contributed by atoms with Gasteiger partial charge in [0.2, 0.25) is 0 Å². The Hall–Kier alpha value is -5.98. The van der Waals surface area contributed by atoms with E-state index in [1.54, 1.807) is 18.2 Å². The molecule has 0 fully saturated rings. The van der Waals surface area contributed by atoms with Crippen LogP contribution in [0.5, 0.6) is 0 Å². The van der Waals surface area contributed by atoms with Crippen molar-refractivity contribution in [3.05, 3.63) is 181 Å². The van der Waals surface area contributed by atoms with E-state index in [2.05, 4.69) is 0 Å². The summed E-state index contributed by atoms with van der Waals surface area (Å²) in [6.45, 7) is 0. The maximum absolute atomic E-state index is 9.54. The first-order valence-corrected chi connectivity index (χ1v) is 14.2. The lowest BCUT2D eigenvalue weighted by Crippen LogP contribution is -1.92. The summed E-state index contributed by atoms with van der Waals surface area (Å²) in [4.78, 5) is 0. The second-order valence-corrected chi connectivity index (χ2v) is 10.5. The van der Waals surface area contributed by atoms with Crippen LogP contribution >= 0.6 is 0 Å². The van der Waals surface area contributed by atoms with Crippen molar-refractivity contribution in [1.82, 2.24) is 0 Å². The van der Waals surface area contributed by atoms with Gasteiger partial charge in [0.15, 0.2) is 0 Å². The Bertz CT molecular complexity index is 3630. The number of benzene rings is 9. The summed E-state index contributed by atoms with van der Waals surface area (Å²) < 4.78 is 189. The quantitative estimate of drug-likeness (QED) is 0.139. The van der Waals surface area contributed by atoms with Crippen molar-refractivity contribution >= 4 is 43.1 Å². The number of fused-ring (bicyclic) bond motifs is 5. The number of hydrogen-bond acceptors (Lipinski definition) is 0. The summed E-state index contributed by atoms with van der Waals surface area (Å²) >= 11 is 0. The Balaban J connectivity index is 1.52. The molecule has 0 heteroatoms. The van der Waals surface area contributed by atoms with Crippen LogP contribution < -0.4 is 0 Å². The molecule has 46 heavy (non-hydrogen) atoms. The van der Waals surface area contributed by atoms with E-state index in [0.29, 0.717) is 5.56 Å². The monoisotopic (exact) mass is 603 g/mol. The second kappa shape index (κ2) is 10.9. The van der Waals surface area contributed by atoms with E-state index >= 15 is 0 Å². The molecule has 214 valence electrons. The zero-order valence-electron chi connectivity index (χ0n) is 44.7. The lowest BCUT2D eigenvalue weighted by molar-refractivity contribution is 1.60. The van der Waals surface area contributed by atoms with E-state index < -0.39 is 182 Å². The van der Waals surface area contributed by atoms with Gasteiger partial charge in [-0.05, 0) is 93.7 Å². The lowest BCUT2D eigenvalue weighted by Gasteiger charge is -2.19. The van der Waals surface area contributed by atoms with Gasteiger partial charge < -0.3 is 0 Å². The molecule has 0 spiro atoms. The van der Waals surface area contributed by atoms with Gasteiger partial charge in [0.25, 0.3) is 0 Å². The van der Waals surface area contributed by atoms with Crippen LogP contribution in [0.1, 0.15) is 28.8 Å². The second-order valence-electron chi connectivity index (χ2n) is 10.5. The van der Waals surface area contributed by atoms with Crippen LogP contribution in [0.4, 0.5) is 0 Å². The molecule has 0 saturated carbocycles. The van der Waals surface area contributed by atoms with Crippen molar-refractivity contribution in [3.8, 4) is 44.5 Å². The Morgan fingerprint density at radius 3 is 1.57 bits per heavy atom. The molecule has 0 saturated heterocycles. The summed E-state index contributed by atoms with van der Waals surface area (Å²) in [5.74, 6) is 0. The zero-order valence-corrected chi connectivity index (χ0v) is 23.7. The Morgan fingerprint density at radius 2 is 0.848 bits per heavy atom. The van der Waals surface area contributed by atoms with Crippen molar-refractivity contribution in [1.29, 1.82) is 0 Å². The maximum atomic E-state index is 9.54. The summed E-state index contributed by atoms with van der Waals surface area (Å²) in [6.07, 6.45) is 0. The van der Waals surface area contributed by atoms with Crippen LogP contribution in [0.25, 0.3) is 87.6 Å². The minimum absolute atomic E-state index is 0.147. The summed E-state index contributed by atoms with van der Waals surface area (Å²) in [5, 5.41) is 0.930. The third-order valence-electron chi connectivity index (χ3n) is 7.97. The van der Waals surface area contributed by atoms with Crippen molar-refractivity contribution in [2.75, 3.05) is 0 Å². The first-order valence-electron chi connectivity index (χ1n) is 24.7. The molecule has 0 aliphatic rings. The van der Waals surface area contributed by atoms with E-state index in [4.69, 9.17) is 16.4 Å². The molecule has 0 unspecified atom stereocenters. The molecule has 0 radical (unpaired) electrons. The van der Waals surface area contributed by atoms with Crippen molar-refractivity contribution < 1.29 is 28.8 Å². The Kier molecular flexibility index (Phi) is 3.02. The molecular formula is C46H30. The smallest absolute Gasteiger partial charge is 0.0622 e. The highest BCUT2D eigenvalue weighted by atomic mass is 14.2. The molecule has 9 aromatic carbocycles. The third kappa shape index (κ3) is 4.30. The van der Waals surface area contributed by atoms with Gasteiger partial charge in [-0.25, -0.2) is 0 Å². The van der Waals surface area contributed by atoms with Crippen LogP contribution in [-0.2, 0) is 0 Å². The van der Waals surface area contributed by atoms with Gasteiger partial charge in [0, 0.05) is 0 Å². The average molecular weight is 604 g/mol. The van der Waals surface area contributed by atoms with Gasteiger partial charge in [0.05, 0.1) is 28.8 Å². The molecule has 0 N–H and O–H groups in total. The number of hydrogen-bond donors (Lipinski definition) is 0. The van der Waals surface area contributed by atoms with Crippen LogP contribution in [-0.4, -0.2) is 0 Å². The van der Waals surface area contributed by atoms with Crippen LogP contribution in [0, 0.1) is 0 Å².